The fourth-order valence-corrected chi connectivity index (χ4v) is 3.14. The summed E-state index contributed by atoms with van der Waals surface area (Å²) in [7, 11) is 0. The molecule has 2 amide bonds. The number of nitrogens with one attached hydrogen (secondary N) is 1. The Morgan fingerprint density at radius 2 is 1.97 bits per heavy atom. The van der Waals surface area contributed by atoms with Gasteiger partial charge in [-0.1, -0.05) is 12.1 Å². The molecule has 2 aromatic carbocycles. The highest BCUT2D eigenvalue weighted by atomic mass is 19.1. The zero-order chi connectivity index (χ0) is 22.5. The predicted octanol–water partition coefficient (Wildman–Crippen LogP) is 2.72. The third-order valence-corrected chi connectivity index (χ3v) is 4.76. The minimum absolute atomic E-state index is 0.0350. The molecule has 32 heavy (non-hydrogen) atoms. The van der Waals surface area contributed by atoms with Gasteiger partial charge in [-0.05, 0) is 42.5 Å². The van der Waals surface area contributed by atoms with E-state index in [4.69, 9.17) is 13.9 Å². The molecule has 4 rings (SSSR count). The molecule has 0 unspecified atom stereocenters. The van der Waals surface area contributed by atoms with Crippen LogP contribution in [0.4, 0.5) is 10.1 Å². The van der Waals surface area contributed by atoms with Crippen LogP contribution in [-0.4, -0.2) is 37.4 Å². The van der Waals surface area contributed by atoms with Crippen LogP contribution in [0, 0.1) is 5.82 Å². The average Bonchev–Trinajstić information content (AvgIpc) is 3.32. The Kier molecular flexibility index (Phi) is 6.16. The number of ether oxygens (including phenoxy) is 2. The minimum atomic E-state index is -0.573. The molecule has 0 aliphatic carbocycles. The van der Waals surface area contributed by atoms with E-state index in [1.165, 1.54) is 41.5 Å². The highest BCUT2D eigenvalue weighted by Gasteiger charge is 2.28. The topological polar surface area (TPSA) is 98.1 Å². The van der Waals surface area contributed by atoms with Gasteiger partial charge in [-0.2, -0.15) is 0 Å². The number of anilines is 1. The van der Waals surface area contributed by atoms with Gasteiger partial charge in [-0.15, -0.1) is 0 Å². The Bertz CT molecular complexity index is 1150. The van der Waals surface area contributed by atoms with Gasteiger partial charge in [0.15, 0.2) is 30.6 Å². The summed E-state index contributed by atoms with van der Waals surface area (Å²) in [6, 6.07) is 13.7. The van der Waals surface area contributed by atoms with Crippen LogP contribution in [-0.2, 0) is 16.1 Å². The number of amides is 2. The second-order valence-corrected chi connectivity index (χ2v) is 6.95. The highest BCUT2D eigenvalue weighted by molar-refractivity contribution is 6.04. The van der Waals surface area contributed by atoms with Gasteiger partial charge in [0.1, 0.15) is 18.1 Å². The molecule has 0 fully saturated rings. The normalized spacial score (nSPS) is 12.7. The summed E-state index contributed by atoms with van der Waals surface area (Å²) in [6.07, 6.45) is 1.50. The Morgan fingerprint density at radius 3 is 2.75 bits per heavy atom. The van der Waals surface area contributed by atoms with Crippen molar-refractivity contribution in [2.45, 2.75) is 6.54 Å². The van der Waals surface area contributed by atoms with E-state index in [9.17, 15) is 18.8 Å². The summed E-state index contributed by atoms with van der Waals surface area (Å²) in [5.74, 6) is -0.898. The van der Waals surface area contributed by atoms with Gasteiger partial charge in [0.25, 0.3) is 5.91 Å². The monoisotopic (exact) mass is 438 g/mol. The number of Topliss-reactive ketones (excluding diaryl/α,β-unsaturated/α-hetero) is 1. The summed E-state index contributed by atoms with van der Waals surface area (Å²) < 4.78 is 29.5. The molecule has 1 aliphatic rings. The standard InChI is InChI=1S/C23H19FN2O6/c24-17-5-1-2-6-20(17)31-13-19(27)15-7-8-21-18(10-15)26(23(29)14-32-21)12-22(28)25-11-16-4-3-9-30-16/h1-10H,11-14H2,(H,25,28). The lowest BCUT2D eigenvalue weighted by atomic mass is 10.1. The van der Waals surface area contributed by atoms with Gasteiger partial charge in [0.2, 0.25) is 5.91 Å². The molecule has 0 spiro atoms. The fraction of sp³-hybridized carbons (Fsp3) is 0.174. The number of ketones is 1. The summed E-state index contributed by atoms with van der Waals surface area (Å²) in [4.78, 5) is 38.6. The number of hydrogen-bond donors (Lipinski definition) is 1. The lowest BCUT2D eigenvalue weighted by Crippen LogP contribution is -2.45. The maximum Gasteiger partial charge on any atom is 0.265 e. The van der Waals surface area contributed by atoms with Crippen LogP contribution in [0.15, 0.2) is 65.3 Å². The molecule has 0 atom stereocenters. The largest absolute Gasteiger partial charge is 0.482 e. The third kappa shape index (κ3) is 4.77. The van der Waals surface area contributed by atoms with Crippen LogP contribution in [0.1, 0.15) is 16.1 Å². The van der Waals surface area contributed by atoms with Gasteiger partial charge >= 0.3 is 0 Å². The van der Waals surface area contributed by atoms with E-state index < -0.39 is 30.0 Å². The Morgan fingerprint density at radius 1 is 1.12 bits per heavy atom. The van der Waals surface area contributed by atoms with E-state index in [0.717, 1.165) is 0 Å². The van der Waals surface area contributed by atoms with Crippen LogP contribution in [0.3, 0.4) is 0 Å². The molecule has 0 bridgehead atoms. The smallest absolute Gasteiger partial charge is 0.265 e. The van der Waals surface area contributed by atoms with Crippen LogP contribution >= 0.6 is 0 Å². The van der Waals surface area contributed by atoms with Gasteiger partial charge in [0.05, 0.1) is 18.5 Å². The molecule has 1 aromatic heterocycles. The molecule has 0 saturated carbocycles. The predicted molar refractivity (Wildman–Crippen MR) is 111 cm³/mol. The number of carbonyl (C=O) groups is 3. The fourth-order valence-electron chi connectivity index (χ4n) is 3.14. The first-order valence-corrected chi connectivity index (χ1v) is 9.78. The van der Waals surface area contributed by atoms with Crippen molar-refractivity contribution < 1.29 is 32.7 Å². The molecule has 9 heteroatoms. The number of nitrogens with zero attached hydrogens (tertiary/aromatic N) is 1. The number of hydrogen-bond acceptors (Lipinski definition) is 6. The summed E-state index contributed by atoms with van der Waals surface area (Å²) in [5, 5.41) is 2.68. The second-order valence-electron chi connectivity index (χ2n) is 6.95. The summed E-state index contributed by atoms with van der Waals surface area (Å²) >= 11 is 0. The van der Waals surface area contributed by atoms with Gasteiger partial charge < -0.3 is 19.2 Å². The molecule has 2 heterocycles. The van der Waals surface area contributed by atoms with Crippen molar-refractivity contribution in [2.24, 2.45) is 0 Å². The van der Waals surface area contributed by atoms with Crippen molar-refractivity contribution in [3.05, 3.63) is 78.0 Å². The van der Waals surface area contributed by atoms with E-state index in [1.54, 1.807) is 24.3 Å². The number of para-hydroxylation sites is 1. The maximum atomic E-state index is 13.7. The Labute approximate surface area is 182 Å². The van der Waals surface area contributed by atoms with Crippen molar-refractivity contribution in [1.82, 2.24) is 5.32 Å². The first kappa shape index (κ1) is 21.1. The van der Waals surface area contributed by atoms with E-state index in [2.05, 4.69) is 5.32 Å². The van der Waals surface area contributed by atoms with Crippen LogP contribution in [0.5, 0.6) is 11.5 Å². The first-order chi connectivity index (χ1) is 15.5. The van der Waals surface area contributed by atoms with Crippen molar-refractivity contribution in [2.75, 3.05) is 24.7 Å². The number of halogens is 1. The zero-order valence-electron chi connectivity index (χ0n) is 16.9. The molecule has 1 N–H and O–H groups in total. The first-order valence-electron chi connectivity index (χ1n) is 9.78. The Balaban J connectivity index is 1.45. The minimum Gasteiger partial charge on any atom is -0.482 e. The molecule has 8 nitrogen and oxygen atoms in total. The molecular weight excluding hydrogens is 419 g/mol. The maximum absolute atomic E-state index is 13.7. The Hall–Kier alpha value is -4.14. The number of carbonyl (C=O) groups excluding carboxylic acids is 3. The van der Waals surface area contributed by atoms with Gasteiger partial charge in [0, 0.05) is 5.56 Å². The molecule has 164 valence electrons. The van der Waals surface area contributed by atoms with E-state index in [-0.39, 0.29) is 31.0 Å². The van der Waals surface area contributed by atoms with Crippen LogP contribution < -0.4 is 19.7 Å². The average molecular weight is 438 g/mol. The summed E-state index contributed by atoms with van der Waals surface area (Å²) in [5.41, 5.74) is 0.533. The number of benzene rings is 2. The third-order valence-electron chi connectivity index (χ3n) is 4.76. The molecular formula is C23H19FN2O6. The van der Waals surface area contributed by atoms with Crippen LogP contribution in [0.2, 0.25) is 0 Å². The second kappa shape index (κ2) is 9.34. The molecule has 1 aliphatic heterocycles. The number of rotatable bonds is 8. The summed E-state index contributed by atoms with van der Waals surface area (Å²) in [6.45, 7) is -0.678. The van der Waals surface area contributed by atoms with Crippen molar-refractivity contribution in [3.8, 4) is 11.5 Å². The van der Waals surface area contributed by atoms with Gasteiger partial charge in [-0.25, -0.2) is 4.39 Å². The highest BCUT2D eigenvalue weighted by Crippen LogP contribution is 2.33. The molecule has 3 aromatic rings. The quantitative estimate of drug-likeness (QED) is 0.543. The van der Waals surface area contributed by atoms with Crippen molar-refractivity contribution in [1.29, 1.82) is 0 Å². The van der Waals surface area contributed by atoms with E-state index in [0.29, 0.717) is 17.2 Å². The SMILES string of the molecule is O=C(CN1C(=O)COc2ccc(C(=O)COc3ccccc3F)cc21)NCc1ccco1. The zero-order valence-corrected chi connectivity index (χ0v) is 16.9. The van der Waals surface area contributed by atoms with Crippen molar-refractivity contribution in [3.63, 3.8) is 0 Å². The molecule has 0 saturated heterocycles. The number of furan rings is 1. The molecule has 0 radical (unpaired) electrons. The van der Waals surface area contributed by atoms with E-state index in [1.807, 2.05) is 0 Å². The van der Waals surface area contributed by atoms with Gasteiger partial charge in [-0.3, -0.25) is 19.3 Å². The van der Waals surface area contributed by atoms with E-state index >= 15 is 0 Å². The van der Waals surface area contributed by atoms with Crippen molar-refractivity contribution >= 4 is 23.3 Å². The lowest BCUT2D eigenvalue weighted by molar-refractivity contribution is -0.125. The lowest BCUT2D eigenvalue weighted by Gasteiger charge is -2.29. The number of fused-ring (bicyclic) bond motifs is 1. The van der Waals surface area contributed by atoms with Crippen LogP contribution in [0.25, 0.3) is 0 Å².